The third-order valence-electron chi connectivity index (χ3n) is 3.71. The van der Waals surface area contributed by atoms with Crippen LogP contribution < -0.4 is 10.6 Å². The first-order chi connectivity index (χ1) is 13.3. The van der Waals surface area contributed by atoms with E-state index in [9.17, 15) is 14.4 Å². The van der Waals surface area contributed by atoms with Crippen molar-refractivity contribution in [1.82, 2.24) is 9.78 Å². The van der Waals surface area contributed by atoms with Gasteiger partial charge in [-0.15, -0.1) is 0 Å². The molecule has 1 aromatic carbocycles. The third kappa shape index (κ3) is 5.41. The Balaban J connectivity index is 1.94. The molecular formula is C19H21N5O4. The van der Waals surface area contributed by atoms with Crippen LogP contribution in [0.4, 0.5) is 11.5 Å². The SMILES string of the molecule is CC(C)n1nccc1NC(=O)[C@H](C)OC(=O)c1ccc(NC(=O)CC#N)cc1. The number of nitrogens with one attached hydrogen (secondary N) is 2. The van der Waals surface area contributed by atoms with Crippen LogP contribution in [0.2, 0.25) is 0 Å². The second-order valence-electron chi connectivity index (χ2n) is 6.25. The Morgan fingerprint density at radius 2 is 1.82 bits per heavy atom. The highest BCUT2D eigenvalue weighted by Gasteiger charge is 2.20. The number of nitriles is 1. The molecule has 0 fully saturated rings. The molecule has 0 saturated carbocycles. The van der Waals surface area contributed by atoms with E-state index in [0.717, 1.165) is 0 Å². The molecule has 2 rings (SSSR count). The maximum atomic E-state index is 12.3. The molecule has 9 nitrogen and oxygen atoms in total. The number of hydrogen-bond acceptors (Lipinski definition) is 6. The number of hydrogen-bond donors (Lipinski definition) is 2. The van der Waals surface area contributed by atoms with E-state index in [2.05, 4.69) is 15.7 Å². The molecule has 1 atom stereocenters. The van der Waals surface area contributed by atoms with E-state index in [4.69, 9.17) is 10.00 Å². The fraction of sp³-hybridized carbons (Fsp3) is 0.316. The van der Waals surface area contributed by atoms with E-state index in [1.54, 1.807) is 23.0 Å². The monoisotopic (exact) mass is 383 g/mol. The molecule has 0 bridgehead atoms. The highest BCUT2D eigenvalue weighted by Crippen LogP contribution is 2.15. The van der Waals surface area contributed by atoms with Crippen molar-refractivity contribution in [2.75, 3.05) is 10.6 Å². The molecule has 0 spiro atoms. The molecule has 0 saturated heterocycles. The van der Waals surface area contributed by atoms with Gasteiger partial charge in [0.2, 0.25) is 5.91 Å². The van der Waals surface area contributed by atoms with Gasteiger partial charge < -0.3 is 15.4 Å². The lowest BCUT2D eigenvalue weighted by atomic mass is 10.2. The van der Waals surface area contributed by atoms with Gasteiger partial charge in [-0.25, -0.2) is 9.48 Å². The summed E-state index contributed by atoms with van der Waals surface area (Å²) in [4.78, 5) is 35.9. The maximum absolute atomic E-state index is 12.3. The first-order valence-electron chi connectivity index (χ1n) is 8.64. The summed E-state index contributed by atoms with van der Waals surface area (Å²) < 4.78 is 6.84. The van der Waals surface area contributed by atoms with Gasteiger partial charge in [-0.3, -0.25) is 9.59 Å². The summed E-state index contributed by atoms with van der Waals surface area (Å²) in [5.74, 6) is -1.07. The molecule has 2 N–H and O–H groups in total. The van der Waals surface area contributed by atoms with Gasteiger partial charge in [-0.1, -0.05) is 0 Å². The molecule has 1 aromatic heterocycles. The standard InChI is InChI=1S/C19H21N5O4/c1-12(2)24-16(9-11-21-24)23-18(26)13(3)28-19(27)14-4-6-15(7-5-14)22-17(25)8-10-20/h4-7,9,11-13H,8H2,1-3H3,(H,22,25)(H,23,26)/t13-/m0/s1. The molecule has 28 heavy (non-hydrogen) atoms. The number of benzene rings is 1. The molecule has 1 heterocycles. The lowest BCUT2D eigenvalue weighted by Gasteiger charge is -2.16. The van der Waals surface area contributed by atoms with Crippen molar-refractivity contribution in [3.8, 4) is 6.07 Å². The van der Waals surface area contributed by atoms with Crippen molar-refractivity contribution in [3.05, 3.63) is 42.1 Å². The van der Waals surface area contributed by atoms with Gasteiger partial charge in [0.1, 0.15) is 12.2 Å². The van der Waals surface area contributed by atoms with Crippen LogP contribution in [0.3, 0.4) is 0 Å². The van der Waals surface area contributed by atoms with E-state index in [-0.39, 0.29) is 18.0 Å². The zero-order valence-electron chi connectivity index (χ0n) is 15.8. The smallest absolute Gasteiger partial charge is 0.338 e. The molecule has 0 radical (unpaired) electrons. The van der Waals surface area contributed by atoms with Gasteiger partial charge in [0.15, 0.2) is 6.10 Å². The Labute approximate surface area is 162 Å². The van der Waals surface area contributed by atoms with Crippen LogP contribution >= 0.6 is 0 Å². The fourth-order valence-electron chi connectivity index (χ4n) is 2.30. The molecule has 0 unspecified atom stereocenters. The van der Waals surface area contributed by atoms with E-state index in [1.165, 1.54) is 31.2 Å². The number of nitrogens with zero attached hydrogens (tertiary/aromatic N) is 3. The van der Waals surface area contributed by atoms with Gasteiger partial charge in [-0.05, 0) is 45.0 Å². The Hall–Kier alpha value is -3.67. The van der Waals surface area contributed by atoms with E-state index in [1.807, 2.05) is 13.8 Å². The van der Waals surface area contributed by atoms with Crippen LogP contribution in [0, 0.1) is 11.3 Å². The molecule has 9 heteroatoms. The van der Waals surface area contributed by atoms with Gasteiger partial charge in [-0.2, -0.15) is 10.4 Å². The van der Waals surface area contributed by atoms with E-state index < -0.39 is 23.9 Å². The summed E-state index contributed by atoms with van der Waals surface area (Å²) in [5.41, 5.74) is 0.676. The van der Waals surface area contributed by atoms with E-state index >= 15 is 0 Å². The average Bonchev–Trinajstić information content (AvgIpc) is 3.10. The van der Waals surface area contributed by atoms with Crippen LogP contribution in [0.25, 0.3) is 0 Å². The van der Waals surface area contributed by atoms with Crippen LogP contribution in [-0.2, 0) is 14.3 Å². The summed E-state index contributed by atoms with van der Waals surface area (Å²) in [6.07, 6.45) is 0.299. The first-order valence-corrected chi connectivity index (χ1v) is 8.64. The number of carbonyl (C=O) groups is 3. The Morgan fingerprint density at radius 1 is 1.14 bits per heavy atom. The van der Waals surface area contributed by atoms with Crippen LogP contribution in [0.15, 0.2) is 36.5 Å². The number of aromatic nitrogens is 2. The zero-order valence-corrected chi connectivity index (χ0v) is 15.8. The summed E-state index contributed by atoms with van der Waals surface area (Å²) in [5, 5.41) is 17.8. The van der Waals surface area contributed by atoms with Crippen LogP contribution in [0.1, 0.15) is 43.6 Å². The molecule has 2 amide bonds. The second kappa shape index (κ2) is 9.32. The van der Waals surface area contributed by atoms with Crippen LogP contribution in [0.5, 0.6) is 0 Å². The second-order valence-corrected chi connectivity index (χ2v) is 6.25. The molecule has 0 aliphatic rings. The number of esters is 1. The molecule has 2 aromatic rings. The first kappa shape index (κ1) is 20.6. The minimum atomic E-state index is -1.02. The zero-order chi connectivity index (χ0) is 20.7. The summed E-state index contributed by atoms with van der Waals surface area (Å²) >= 11 is 0. The summed E-state index contributed by atoms with van der Waals surface area (Å²) in [6, 6.07) is 9.41. The predicted molar refractivity (Wildman–Crippen MR) is 101 cm³/mol. The summed E-state index contributed by atoms with van der Waals surface area (Å²) in [6.45, 7) is 5.33. The number of amides is 2. The number of ether oxygens (including phenoxy) is 1. The average molecular weight is 383 g/mol. The lowest BCUT2D eigenvalue weighted by Crippen LogP contribution is -2.31. The van der Waals surface area contributed by atoms with Crippen molar-refractivity contribution in [2.45, 2.75) is 39.3 Å². The Kier molecular flexibility index (Phi) is 6.87. The van der Waals surface area contributed by atoms with Crippen molar-refractivity contribution >= 4 is 29.3 Å². The summed E-state index contributed by atoms with van der Waals surface area (Å²) in [7, 11) is 0. The highest BCUT2D eigenvalue weighted by atomic mass is 16.5. The predicted octanol–water partition coefficient (Wildman–Crippen LogP) is 2.50. The van der Waals surface area contributed by atoms with Gasteiger partial charge >= 0.3 is 5.97 Å². The van der Waals surface area contributed by atoms with E-state index in [0.29, 0.717) is 11.5 Å². The normalized spacial score (nSPS) is 11.4. The molecule has 0 aliphatic heterocycles. The van der Waals surface area contributed by atoms with Crippen molar-refractivity contribution in [3.63, 3.8) is 0 Å². The number of rotatable bonds is 7. The minimum Gasteiger partial charge on any atom is -0.449 e. The Bertz CT molecular complexity index is 896. The third-order valence-corrected chi connectivity index (χ3v) is 3.71. The topological polar surface area (TPSA) is 126 Å². The maximum Gasteiger partial charge on any atom is 0.338 e. The number of carbonyl (C=O) groups excluding carboxylic acids is 3. The van der Waals surface area contributed by atoms with Gasteiger partial charge in [0.25, 0.3) is 5.91 Å². The largest absolute Gasteiger partial charge is 0.449 e. The fourth-order valence-corrected chi connectivity index (χ4v) is 2.30. The molecule has 146 valence electrons. The Morgan fingerprint density at radius 3 is 2.43 bits per heavy atom. The van der Waals surface area contributed by atoms with Crippen LogP contribution in [-0.4, -0.2) is 33.7 Å². The molecule has 0 aliphatic carbocycles. The van der Waals surface area contributed by atoms with Crippen molar-refractivity contribution < 1.29 is 19.1 Å². The van der Waals surface area contributed by atoms with Crippen molar-refractivity contribution in [1.29, 1.82) is 5.26 Å². The quantitative estimate of drug-likeness (QED) is 0.708. The number of anilines is 2. The van der Waals surface area contributed by atoms with Crippen molar-refractivity contribution in [2.24, 2.45) is 0 Å². The highest BCUT2D eigenvalue weighted by molar-refractivity contribution is 5.97. The van der Waals surface area contributed by atoms with Gasteiger partial charge in [0, 0.05) is 17.8 Å². The lowest BCUT2D eigenvalue weighted by molar-refractivity contribution is -0.123. The van der Waals surface area contributed by atoms with Gasteiger partial charge in [0.05, 0.1) is 17.8 Å². The molecular weight excluding hydrogens is 362 g/mol. The minimum absolute atomic E-state index is 0.0651.